The van der Waals surface area contributed by atoms with Gasteiger partial charge in [-0.15, -0.1) is 0 Å². The first-order chi connectivity index (χ1) is 31.0. The van der Waals surface area contributed by atoms with Crippen LogP contribution in [-0.2, 0) is 5.41 Å². The summed E-state index contributed by atoms with van der Waals surface area (Å²) in [5.41, 5.74) is 16.0. The fourth-order valence-electron chi connectivity index (χ4n) is 11.6. The van der Waals surface area contributed by atoms with E-state index in [1.54, 1.807) is 0 Å². The van der Waals surface area contributed by atoms with Gasteiger partial charge in [0.25, 0.3) is 0 Å². The molecule has 2 heteroatoms. The minimum Gasteiger partial charge on any atom is -0.456 e. The predicted molar refractivity (Wildman–Crippen MR) is 265 cm³/mol. The van der Waals surface area contributed by atoms with E-state index in [0.717, 1.165) is 55.0 Å². The lowest BCUT2D eigenvalue weighted by Gasteiger charge is -2.26. The maximum absolute atomic E-state index is 6.67. The maximum Gasteiger partial charge on any atom is 0.136 e. The van der Waals surface area contributed by atoms with E-state index in [1.165, 1.54) is 87.6 Å². The van der Waals surface area contributed by atoms with E-state index in [0.29, 0.717) is 0 Å². The Morgan fingerprint density at radius 1 is 0.302 bits per heavy atom. The number of hydrogen-bond acceptors (Lipinski definition) is 2. The van der Waals surface area contributed by atoms with Gasteiger partial charge in [0, 0.05) is 27.0 Å². The van der Waals surface area contributed by atoms with Crippen LogP contribution < -0.4 is 0 Å². The number of furan rings is 2. The van der Waals surface area contributed by atoms with Gasteiger partial charge in [0.05, 0.1) is 0 Å². The van der Waals surface area contributed by atoms with Crippen molar-refractivity contribution >= 4 is 87.0 Å². The van der Waals surface area contributed by atoms with Crippen LogP contribution in [0.3, 0.4) is 0 Å². The highest BCUT2D eigenvalue weighted by Crippen LogP contribution is 2.55. The topological polar surface area (TPSA) is 26.3 Å². The number of benzene rings is 11. The number of hydrogen-bond donors (Lipinski definition) is 0. The second-order valence-corrected chi connectivity index (χ2v) is 17.8. The molecule has 2 heterocycles. The van der Waals surface area contributed by atoms with Crippen molar-refractivity contribution in [1.82, 2.24) is 0 Å². The smallest absolute Gasteiger partial charge is 0.136 e. The third kappa shape index (κ3) is 4.67. The minimum atomic E-state index is -0.211. The molecule has 0 radical (unpaired) electrons. The standard InChI is InChI=1S/C61H38O2/c1-61(2)50-27-8-7-18-41(50)46-25-11-26-47(60(46)61)55-44-21-9-19-39(42-23-12-28-51-58(42)56-37-16-5-3-14-35(37)30-32-53(56)62-51)48(44)34-49-40(20-10-22-45(49)55)43-24-13-29-52-59(43)57-38-17-6-4-15-36(38)31-33-54(57)63-52/h3-34H,1-2H3. The average molecular weight is 803 g/mol. The number of rotatable bonds is 3. The molecule has 0 amide bonds. The van der Waals surface area contributed by atoms with Crippen LogP contribution in [0.15, 0.2) is 203 Å². The molecule has 0 fully saturated rings. The summed E-state index contributed by atoms with van der Waals surface area (Å²) in [5.74, 6) is 0. The number of fused-ring (bicyclic) bond motifs is 15. The van der Waals surface area contributed by atoms with Crippen LogP contribution in [0.25, 0.3) is 131 Å². The van der Waals surface area contributed by atoms with E-state index in [-0.39, 0.29) is 5.41 Å². The predicted octanol–water partition coefficient (Wildman–Crippen LogP) is 17.4. The monoisotopic (exact) mass is 802 g/mol. The molecule has 0 saturated heterocycles. The van der Waals surface area contributed by atoms with Crippen LogP contribution in [0.1, 0.15) is 25.0 Å². The Bertz CT molecular complexity index is 3910. The van der Waals surface area contributed by atoms with Gasteiger partial charge in [0.2, 0.25) is 0 Å². The molecule has 1 aliphatic carbocycles. The average Bonchev–Trinajstić information content (AvgIpc) is 3.99. The lowest BCUT2D eigenvalue weighted by molar-refractivity contribution is 0.662. The Morgan fingerprint density at radius 3 is 1.33 bits per heavy atom. The molecule has 2 nitrogen and oxygen atoms in total. The van der Waals surface area contributed by atoms with Crippen LogP contribution in [-0.4, -0.2) is 0 Å². The zero-order valence-corrected chi connectivity index (χ0v) is 34.8. The Hall–Kier alpha value is -7.94. The molecule has 11 aromatic carbocycles. The zero-order chi connectivity index (χ0) is 41.6. The van der Waals surface area contributed by atoms with Gasteiger partial charge in [-0.2, -0.15) is 0 Å². The lowest BCUT2D eigenvalue weighted by Crippen LogP contribution is -2.16. The molecule has 0 saturated carbocycles. The summed E-state index contributed by atoms with van der Waals surface area (Å²) in [6.07, 6.45) is 0. The summed E-state index contributed by atoms with van der Waals surface area (Å²) in [6.45, 7) is 4.80. The van der Waals surface area contributed by atoms with Gasteiger partial charge in [-0.1, -0.05) is 178 Å². The molecular weight excluding hydrogens is 765 g/mol. The van der Waals surface area contributed by atoms with Crippen molar-refractivity contribution in [2.45, 2.75) is 19.3 Å². The van der Waals surface area contributed by atoms with Gasteiger partial charge in [-0.05, 0) is 129 Å². The Morgan fingerprint density at radius 2 is 0.730 bits per heavy atom. The van der Waals surface area contributed by atoms with Crippen molar-refractivity contribution in [3.63, 3.8) is 0 Å². The van der Waals surface area contributed by atoms with E-state index >= 15 is 0 Å². The van der Waals surface area contributed by atoms with Gasteiger partial charge in [0.15, 0.2) is 0 Å². The van der Waals surface area contributed by atoms with Gasteiger partial charge in [-0.3, -0.25) is 0 Å². The third-order valence-electron chi connectivity index (χ3n) is 14.2. The molecule has 63 heavy (non-hydrogen) atoms. The summed E-state index contributed by atoms with van der Waals surface area (Å²) in [5, 5.41) is 14.3. The van der Waals surface area contributed by atoms with E-state index < -0.39 is 0 Å². The van der Waals surface area contributed by atoms with Crippen molar-refractivity contribution in [3.05, 3.63) is 205 Å². The molecular formula is C61H38O2. The van der Waals surface area contributed by atoms with Crippen LogP contribution in [0, 0.1) is 0 Å². The van der Waals surface area contributed by atoms with Crippen molar-refractivity contribution in [3.8, 4) is 44.5 Å². The highest BCUT2D eigenvalue weighted by atomic mass is 16.3. The molecule has 0 bridgehead atoms. The highest BCUT2D eigenvalue weighted by molar-refractivity contribution is 6.28. The second kappa shape index (κ2) is 12.6. The van der Waals surface area contributed by atoms with E-state index in [4.69, 9.17) is 8.83 Å². The first-order valence-corrected chi connectivity index (χ1v) is 21.9. The summed E-state index contributed by atoms with van der Waals surface area (Å²) in [6, 6.07) is 71.2. The van der Waals surface area contributed by atoms with Gasteiger partial charge < -0.3 is 8.83 Å². The summed E-state index contributed by atoms with van der Waals surface area (Å²) >= 11 is 0. The van der Waals surface area contributed by atoms with Crippen LogP contribution in [0.5, 0.6) is 0 Å². The van der Waals surface area contributed by atoms with Crippen LogP contribution >= 0.6 is 0 Å². The van der Waals surface area contributed by atoms with E-state index in [1.807, 2.05) is 0 Å². The van der Waals surface area contributed by atoms with Crippen molar-refractivity contribution in [2.24, 2.45) is 0 Å². The quantitative estimate of drug-likeness (QED) is 0.166. The van der Waals surface area contributed by atoms with Crippen molar-refractivity contribution in [2.75, 3.05) is 0 Å². The Kier molecular flexibility index (Phi) is 6.93. The highest BCUT2D eigenvalue weighted by Gasteiger charge is 2.38. The first-order valence-electron chi connectivity index (χ1n) is 21.9. The van der Waals surface area contributed by atoms with Crippen molar-refractivity contribution < 1.29 is 8.83 Å². The maximum atomic E-state index is 6.67. The van der Waals surface area contributed by atoms with Gasteiger partial charge in [0.1, 0.15) is 22.3 Å². The Balaban J connectivity index is 1.15. The summed E-state index contributed by atoms with van der Waals surface area (Å²) in [7, 11) is 0. The second-order valence-electron chi connectivity index (χ2n) is 17.8. The molecule has 14 rings (SSSR count). The molecule has 2 aromatic heterocycles. The van der Waals surface area contributed by atoms with Crippen LogP contribution in [0.4, 0.5) is 0 Å². The molecule has 294 valence electrons. The molecule has 0 aliphatic heterocycles. The van der Waals surface area contributed by atoms with E-state index in [2.05, 4.69) is 208 Å². The molecule has 0 atom stereocenters. The van der Waals surface area contributed by atoms with Gasteiger partial charge >= 0.3 is 0 Å². The SMILES string of the molecule is CC1(C)c2ccccc2-c2cccc(-c3c4cccc(-c5cccc6oc7ccc8ccccc8c7c56)c4cc4c(-c5cccc6oc7ccc8ccccc8c7c56)cccc34)c21. The minimum absolute atomic E-state index is 0.211. The third-order valence-corrected chi connectivity index (χ3v) is 14.2. The normalized spacial score (nSPS) is 13.4. The van der Waals surface area contributed by atoms with Crippen LogP contribution in [0.2, 0.25) is 0 Å². The van der Waals surface area contributed by atoms with Gasteiger partial charge in [-0.25, -0.2) is 0 Å². The summed E-state index contributed by atoms with van der Waals surface area (Å²) < 4.78 is 13.3. The molecule has 0 spiro atoms. The molecule has 0 unspecified atom stereocenters. The fraction of sp³-hybridized carbons (Fsp3) is 0.0492. The zero-order valence-electron chi connectivity index (χ0n) is 34.8. The van der Waals surface area contributed by atoms with E-state index in [9.17, 15) is 0 Å². The largest absolute Gasteiger partial charge is 0.456 e. The molecule has 13 aromatic rings. The molecule has 0 N–H and O–H groups in total. The molecule has 1 aliphatic rings. The fourth-order valence-corrected chi connectivity index (χ4v) is 11.6. The first kappa shape index (κ1) is 34.7. The Labute approximate surface area is 363 Å². The lowest BCUT2D eigenvalue weighted by atomic mass is 9.77. The summed E-state index contributed by atoms with van der Waals surface area (Å²) in [4.78, 5) is 0. The van der Waals surface area contributed by atoms with Crippen molar-refractivity contribution in [1.29, 1.82) is 0 Å².